The summed E-state index contributed by atoms with van der Waals surface area (Å²) in [6.45, 7) is 0.474. The quantitative estimate of drug-likeness (QED) is 0.268. The van der Waals surface area contributed by atoms with Gasteiger partial charge in [0.15, 0.2) is 0 Å². The van der Waals surface area contributed by atoms with Crippen LogP contribution in [0, 0.1) is 0 Å². The molecule has 0 aliphatic carbocycles. The number of unbranched alkanes of at least 4 members (excludes halogenated alkanes) is 3. The van der Waals surface area contributed by atoms with Crippen molar-refractivity contribution in [2.75, 3.05) is 26.3 Å². The van der Waals surface area contributed by atoms with Crippen molar-refractivity contribution in [2.45, 2.75) is 49.8 Å². The van der Waals surface area contributed by atoms with E-state index >= 15 is 0 Å². The summed E-state index contributed by atoms with van der Waals surface area (Å²) in [5.74, 6) is -2.08. The van der Waals surface area contributed by atoms with Crippen LogP contribution in [0.5, 0.6) is 0 Å². The minimum atomic E-state index is -2.08. The first kappa shape index (κ1) is 16.8. The van der Waals surface area contributed by atoms with E-state index in [1.54, 1.807) is 0 Å². The first-order valence-electron chi connectivity index (χ1n) is 6.74. The average Bonchev–Trinajstić information content (AvgIpc) is 2.63. The smallest absolute Gasteiger partial charge is 0.219 e. The summed E-state index contributed by atoms with van der Waals surface area (Å²) < 4.78 is 5.08. The van der Waals surface area contributed by atoms with E-state index in [1.807, 2.05) is 0 Å². The molecule has 7 heteroatoms. The first-order chi connectivity index (χ1) is 9.05. The zero-order chi connectivity index (χ0) is 14.3. The van der Waals surface area contributed by atoms with E-state index in [2.05, 4.69) is 5.32 Å². The van der Waals surface area contributed by atoms with Gasteiger partial charge in [-0.25, -0.2) is 0 Å². The van der Waals surface area contributed by atoms with Crippen molar-refractivity contribution in [3.8, 4) is 0 Å². The second-order valence-corrected chi connectivity index (χ2v) is 4.94. The summed E-state index contributed by atoms with van der Waals surface area (Å²) in [6, 6.07) is 0. The van der Waals surface area contributed by atoms with E-state index in [4.69, 9.17) is 14.9 Å². The maximum atomic E-state index is 9.68. The standard InChI is InChI=1S/C12H25NO6/c14-6-4-2-1-3-5-13-7-9-10(16)11(17)12(18,8-15)19-9/h9-11,13-18H,1-8H2/t9-,10+,11-,12+/m1/s1. The molecular weight excluding hydrogens is 254 g/mol. The summed E-state index contributed by atoms with van der Waals surface area (Å²) >= 11 is 0. The molecule has 0 aromatic heterocycles. The van der Waals surface area contributed by atoms with Gasteiger partial charge in [-0.3, -0.25) is 0 Å². The molecule has 1 fully saturated rings. The molecular formula is C12H25NO6. The number of aliphatic hydroxyl groups is 5. The normalized spacial score (nSPS) is 34.9. The van der Waals surface area contributed by atoms with E-state index in [9.17, 15) is 15.3 Å². The highest BCUT2D eigenvalue weighted by atomic mass is 16.7. The molecule has 7 nitrogen and oxygen atoms in total. The molecule has 0 bridgehead atoms. The van der Waals surface area contributed by atoms with E-state index < -0.39 is 30.7 Å². The molecule has 1 rings (SSSR count). The molecule has 1 heterocycles. The third kappa shape index (κ3) is 4.64. The SMILES string of the molecule is OCCCCCCNC[C@H]1O[C@@](O)(CO)[C@H](O)[C@H]1O. The third-order valence-corrected chi connectivity index (χ3v) is 3.36. The Labute approximate surface area is 112 Å². The van der Waals surface area contributed by atoms with Crippen molar-refractivity contribution < 1.29 is 30.3 Å². The van der Waals surface area contributed by atoms with Gasteiger partial charge in [0.25, 0.3) is 0 Å². The van der Waals surface area contributed by atoms with Crippen molar-refractivity contribution in [3.63, 3.8) is 0 Å². The van der Waals surface area contributed by atoms with Crippen LogP contribution in [0.15, 0.2) is 0 Å². The average molecular weight is 279 g/mol. The second-order valence-electron chi connectivity index (χ2n) is 4.94. The Morgan fingerprint density at radius 3 is 2.32 bits per heavy atom. The Bertz CT molecular complexity index is 254. The second kappa shape index (κ2) is 8.11. The third-order valence-electron chi connectivity index (χ3n) is 3.36. The lowest BCUT2D eigenvalue weighted by Gasteiger charge is -2.22. The summed E-state index contributed by atoms with van der Waals surface area (Å²) in [4.78, 5) is 0. The number of ether oxygens (including phenoxy) is 1. The predicted molar refractivity (Wildman–Crippen MR) is 67.3 cm³/mol. The fraction of sp³-hybridized carbons (Fsp3) is 1.00. The predicted octanol–water partition coefficient (Wildman–Crippen LogP) is -2.07. The summed E-state index contributed by atoms with van der Waals surface area (Å²) in [5.41, 5.74) is 0. The van der Waals surface area contributed by atoms with Crippen LogP contribution < -0.4 is 5.32 Å². The van der Waals surface area contributed by atoms with E-state index in [0.717, 1.165) is 32.2 Å². The van der Waals surface area contributed by atoms with Crippen LogP contribution in [0.2, 0.25) is 0 Å². The lowest BCUT2D eigenvalue weighted by molar-refractivity contribution is -0.245. The molecule has 1 saturated heterocycles. The summed E-state index contributed by atoms with van der Waals surface area (Å²) in [6.07, 6.45) is 0.252. The van der Waals surface area contributed by atoms with Gasteiger partial charge in [-0.05, 0) is 19.4 Å². The van der Waals surface area contributed by atoms with Crippen LogP contribution in [0.1, 0.15) is 25.7 Å². The highest BCUT2D eigenvalue weighted by Crippen LogP contribution is 2.28. The van der Waals surface area contributed by atoms with Gasteiger partial charge in [0.2, 0.25) is 5.79 Å². The lowest BCUT2D eigenvalue weighted by atomic mass is 10.1. The van der Waals surface area contributed by atoms with Gasteiger partial charge in [-0.2, -0.15) is 0 Å². The minimum Gasteiger partial charge on any atom is -0.396 e. The topological polar surface area (TPSA) is 122 Å². The fourth-order valence-electron chi connectivity index (χ4n) is 2.12. The Morgan fingerprint density at radius 2 is 1.74 bits per heavy atom. The Hall–Kier alpha value is -0.280. The van der Waals surface area contributed by atoms with E-state index in [-0.39, 0.29) is 6.61 Å². The maximum absolute atomic E-state index is 9.68. The Kier molecular flexibility index (Phi) is 7.16. The molecule has 0 radical (unpaired) electrons. The fourth-order valence-corrected chi connectivity index (χ4v) is 2.12. The van der Waals surface area contributed by atoms with Crippen LogP contribution in [0.25, 0.3) is 0 Å². The van der Waals surface area contributed by atoms with Crippen molar-refractivity contribution in [1.82, 2.24) is 5.32 Å². The zero-order valence-corrected chi connectivity index (χ0v) is 11.0. The summed E-state index contributed by atoms with van der Waals surface area (Å²) in [7, 11) is 0. The number of aliphatic hydroxyl groups excluding tert-OH is 4. The van der Waals surface area contributed by atoms with Gasteiger partial charge < -0.3 is 35.6 Å². The van der Waals surface area contributed by atoms with Crippen LogP contribution >= 0.6 is 0 Å². The van der Waals surface area contributed by atoms with Crippen LogP contribution in [0.4, 0.5) is 0 Å². The minimum absolute atomic E-state index is 0.215. The number of hydrogen-bond donors (Lipinski definition) is 6. The van der Waals surface area contributed by atoms with Crippen molar-refractivity contribution in [1.29, 1.82) is 0 Å². The first-order valence-corrected chi connectivity index (χ1v) is 6.74. The number of hydrogen-bond acceptors (Lipinski definition) is 7. The molecule has 4 atom stereocenters. The van der Waals surface area contributed by atoms with Crippen LogP contribution in [0.3, 0.4) is 0 Å². The molecule has 6 N–H and O–H groups in total. The lowest BCUT2D eigenvalue weighted by Crippen LogP contribution is -2.46. The molecule has 114 valence electrons. The van der Waals surface area contributed by atoms with Gasteiger partial charge in [0.05, 0.1) is 6.61 Å². The van der Waals surface area contributed by atoms with Gasteiger partial charge in [-0.1, -0.05) is 12.8 Å². The van der Waals surface area contributed by atoms with Crippen molar-refractivity contribution in [2.24, 2.45) is 0 Å². The van der Waals surface area contributed by atoms with Crippen molar-refractivity contribution >= 4 is 0 Å². The monoisotopic (exact) mass is 279 g/mol. The van der Waals surface area contributed by atoms with Gasteiger partial charge in [0.1, 0.15) is 18.3 Å². The van der Waals surface area contributed by atoms with Gasteiger partial charge in [0, 0.05) is 13.2 Å². The number of nitrogens with one attached hydrogen (secondary N) is 1. The molecule has 0 aromatic rings. The highest BCUT2D eigenvalue weighted by molar-refractivity contribution is 4.95. The maximum Gasteiger partial charge on any atom is 0.219 e. The highest BCUT2D eigenvalue weighted by Gasteiger charge is 2.52. The molecule has 1 aliphatic heterocycles. The van der Waals surface area contributed by atoms with E-state index in [0.29, 0.717) is 6.54 Å². The zero-order valence-electron chi connectivity index (χ0n) is 11.0. The van der Waals surface area contributed by atoms with Crippen LogP contribution in [-0.4, -0.2) is 75.9 Å². The molecule has 0 spiro atoms. The van der Waals surface area contributed by atoms with Crippen molar-refractivity contribution in [3.05, 3.63) is 0 Å². The molecule has 0 saturated carbocycles. The van der Waals surface area contributed by atoms with Gasteiger partial charge >= 0.3 is 0 Å². The molecule has 0 aromatic carbocycles. The number of rotatable bonds is 9. The van der Waals surface area contributed by atoms with E-state index in [1.165, 1.54) is 0 Å². The van der Waals surface area contributed by atoms with Crippen LogP contribution in [-0.2, 0) is 4.74 Å². The molecule has 0 unspecified atom stereocenters. The largest absolute Gasteiger partial charge is 0.396 e. The van der Waals surface area contributed by atoms with Gasteiger partial charge in [-0.15, -0.1) is 0 Å². The molecule has 0 amide bonds. The Morgan fingerprint density at radius 1 is 1.05 bits per heavy atom. The summed E-state index contributed by atoms with van der Waals surface area (Å²) in [5, 5.41) is 49.5. The molecule has 1 aliphatic rings. The Balaban J connectivity index is 2.16. The molecule has 19 heavy (non-hydrogen) atoms.